The number of amides is 1. The summed E-state index contributed by atoms with van der Waals surface area (Å²) in [6, 6.07) is 9.10. The van der Waals surface area contributed by atoms with Crippen molar-refractivity contribution in [2.24, 2.45) is 5.73 Å². The fourth-order valence-corrected chi connectivity index (χ4v) is 3.30. The normalized spacial score (nSPS) is 12.3. The molecule has 7 heteroatoms. The van der Waals surface area contributed by atoms with E-state index in [1.807, 2.05) is 25.1 Å². The zero-order chi connectivity index (χ0) is 15.7. The third-order valence-electron chi connectivity index (χ3n) is 3.01. The summed E-state index contributed by atoms with van der Waals surface area (Å²) in [5, 5.41) is 2.72. The molecule has 126 valence electrons. The highest BCUT2D eigenvalue weighted by molar-refractivity contribution is 7.90. The van der Waals surface area contributed by atoms with Crippen LogP contribution in [-0.2, 0) is 20.4 Å². The topological polar surface area (TPSA) is 89.3 Å². The Morgan fingerprint density at radius 2 is 1.91 bits per heavy atom. The minimum Gasteiger partial charge on any atom is -0.356 e. The number of hydrogen-bond acceptors (Lipinski definition) is 4. The number of sulfone groups is 1. The van der Waals surface area contributed by atoms with Crippen molar-refractivity contribution in [3.63, 3.8) is 0 Å². The molecule has 0 radical (unpaired) electrons. The first-order valence-electron chi connectivity index (χ1n) is 7.16. The lowest BCUT2D eigenvalue weighted by Gasteiger charge is -2.07. The molecule has 0 fully saturated rings. The highest BCUT2D eigenvalue weighted by Gasteiger charge is 2.11. The summed E-state index contributed by atoms with van der Waals surface area (Å²) in [6.07, 6.45) is 1.45. The second-order valence-corrected chi connectivity index (χ2v) is 7.48. The van der Waals surface area contributed by atoms with Gasteiger partial charge in [0.25, 0.3) is 0 Å². The van der Waals surface area contributed by atoms with Crippen molar-refractivity contribution in [2.75, 3.05) is 12.3 Å². The zero-order valence-corrected chi connectivity index (χ0v) is 14.5. The van der Waals surface area contributed by atoms with Gasteiger partial charge in [-0.15, -0.1) is 12.4 Å². The monoisotopic (exact) mass is 348 g/mol. The number of rotatable bonds is 9. The van der Waals surface area contributed by atoms with Gasteiger partial charge in [0.15, 0.2) is 9.84 Å². The molecular weight excluding hydrogens is 324 g/mol. The molecule has 0 saturated carbocycles. The van der Waals surface area contributed by atoms with Crippen LogP contribution in [0.3, 0.4) is 0 Å². The first-order valence-corrected chi connectivity index (χ1v) is 8.98. The van der Waals surface area contributed by atoms with Gasteiger partial charge in [0.2, 0.25) is 5.91 Å². The van der Waals surface area contributed by atoms with Crippen LogP contribution >= 0.6 is 12.4 Å². The molecule has 0 bridgehead atoms. The molecule has 1 amide bonds. The Hall–Kier alpha value is -1.11. The maximum Gasteiger partial charge on any atom is 0.220 e. The van der Waals surface area contributed by atoms with Crippen molar-refractivity contribution in [1.29, 1.82) is 0 Å². The predicted molar refractivity (Wildman–Crippen MR) is 91.7 cm³/mol. The molecule has 0 spiro atoms. The van der Waals surface area contributed by atoms with Gasteiger partial charge < -0.3 is 11.1 Å². The van der Waals surface area contributed by atoms with Crippen LogP contribution in [0.4, 0.5) is 0 Å². The summed E-state index contributed by atoms with van der Waals surface area (Å²) >= 11 is 0. The molecule has 1 unspecified atom stereocenters. The van der Waals surface area contributed by atoms with Gasteiger partial charge in [-0.05, 0) is 25.3 Å². The molecule has 22 heavy (non-hydrogen) atoms. The Morgan fingerprint density at radius 1 is 1.27 bits per heavy atom. The lowest BCUT2D eigenvalue weighted by Crippen LogP contribution is -2.27. The van der Waals surface area contributed by atoms with Gasteiger partial charge in [-0.1, -0.05) is 30.3 Å². The molecule has 1 aromatic rings. The van der Waals surface area contributed by atoms with E-state index in [-0.39, 0.29) is 35.9 Å². The van der Waals surface area contributed by atoms with Gasteiger partial charge in [0.1, 0.15) is 0 Å². The van der Waals surface area contributed by atoms with E-state index in [4.69, 9.17) is 5.73 Å². The molecule has 1 aromatic carbocycles. The molecule has 0 aliphatic rings. The summed E-state index contributed by atoms with van der Waals surface area (Å²) in [5.74, 6) is 0.0508. The maximum absolute atomic E-state index is 11.9. The molecule has 0 saturated heterocycles. The van der Waals surface area contributed by atoms with Crippen LogP contribution < -0.4 is 11.1 Å². The van der Waals surface area contributed by atoms with E-state index in [9.17, 15) is 13.2 Å². The summed E-state index contributed by atoms with van der Waals surface area (Å²) in [7, 11) is -3.13. The fraction of sp³-hybridized carbons (Fsp3) is 0.533. The number of carbonyl (C=O) groups is 1. The van der Waals surface area contributed by atoms with Crippen molar-refractivity contribution in [1.82, 2.24) is 5.32 Å². The lowest BCUT2D eigenvalue weighted by molar-refractivity contribution is -0.121. The van der Waals surface area contributed by atoms with Gasteiger partial charge in [-0.2, -0.15) is 0 Å². The summed E-state index contributed by atoms with van der Waals surface area (Å²) < 4.78 is 23.9. The van der Waals surface area contributed by atoms with E-state index in [1.165, 1.54) is 0 Å². The maximum atomic E-state index is 11.9. The Bertz CT molecular complexity index is 533. The average molecular weight is 349 g/mol. The second-order valence-electron chi connectivity index (χ2n) is 5.30. The second kappa shape index (κ2) is 10.6. The minimum absolute atomic E-state index is 0. The van der Waals surface area contributed by atoms with E-state index in [0.717, 1.165) is 5.56 Å². The molecule has 0 aliphatic carbocycles. The fourth-order valence-electron chi connectivity index (χ4n) is 1.87. The first-order chi connectivity index (χ1) is 9.89. The van der Waals surface area contributed by atoms with Crippen LogP contribution in [0.25, 0.3) is 0 Å². The predicted octanol–water partition coefficient (Wildman–Crippen LogP) is 1.66. The van der Waals surface area contributed by atoms with Crippen LogP contribution in [0.5, 0.6) is 0 Å². The number of benzene rings is 1. The smallest absolute Gasteiger partial charge is 0.220 e. The summed E-state index contributed by atoms with van der Waals surface area (Å²) in [4.78, 5) is 11.4. The highest BCUT2D eigenvalue weighted by atomic mass is 35.5. The Labute approximate surface area is 139 Å². The first kappa shape index (κ1) is 20.9. The number of nitrogens with two attached hydrogens (primary N) is 1. The third kappa shape index (κ3) is 9.76. The van der Waals surface area contributed by atoms with Crippen LogP contribution in [0.1, 0.15) is 31.7 Å². The van der Waals surface area contributed by atoms with Crippen LogP contribution in [0, 0.1) is 0 Å². The van der Waals surface area contributed by atoms with E-state index in [1.54, 1.807) is 12.1 Å². The summed E-state index contributed by atoms with van der Waals surface area (Å²) in [5.41, 5.74) is 6.36. The molecule has 1 rings (SSSR count). The Kier molecular flexibility index (Phi) is 10.1. The van der Waals surface area contributed by atoms with Crippen molar-refractivity contribution >= 4 is 28.2 Å². The standard InChI is InChI=1S/C15H24N2O3S.ClH/c1-13(16)8-9-15(18)17-10-5-11-21(19,20)12-14-6-3-2-4-7-14;/h2-4,6-7,13H,5,8-12,16H2,1H3,(H,17,18);1H. The van der Waals surface area contributed by atoms with Crippen molar-refractivity contribution in [3.8, 4) is 0 Å². The SMILES string of the molecule is CC(N)CCC(=O)NCCCS(=O)(=O)Cc1ccccc1.Cl. The zero-order valence-electron chi connectivity index (χ0n) is 12.8. The van der Waals surface area contributed by atoms with E-state index in [2.05, 4.69) is 5.32 Å². The van der Waals surface area contributed by atoms with Gasteiger partial charge in [-0.3, -0.25) is 4.79 Å². The molecule has 0 aromatic heterocycles. The van der Waals surface area contributed by atoms with Gasteiger partial charge in [0, 0.05) is 19.0 Å². The van der Waals surface area contributed by atoms with Crippen molar-refractivity contribution in [3.05, 3.63) is 35.9 Å². The van der Waals surface area contributed by atoms with E-state index < -0.39 is 9.84 Å². The molecule has 0 aliphatic heterocycles. The molecular formula is C15H25ClN2O3S. The number of nitrogens with one attached hydrogen (secondary N) is 1. The van der Waals surface area contributed by atoms with Crippen molar-refractivity contribution in [2.45, 2.75) is 38.0 Å². The Morgan fingerprint density at radius 3 is 2.50 bits per heavy atom. The number of carbonyl (C=O) groups excluding carboxylic acids is 1. The van der Waals surface area contributed by atoms with Gasteiger partial charge in [0.05, 0.1) is 11.5 Å². The molecule has 0 heterocycles. The van der Waals surface area contributed by atoms with Crippen molar-refractivity contribution < 1.29 is 13.2 Å². The third-order valence-corrected chi connectivity index (χ3v) is 4.69. The van der Waals surface area contributed by atoms with E-state index in [0.29, 0.717) is 25.8 Å². The minimum atomic E-state index is -3.13. The molecule has 5 nitrogen and oxygen atoms in total. The van der Waals surface area contributed by atoms with Gasteiger partial charge >= 0.3 is 0 Å². The van der Waals surface area contributed by atoms with Gasteiger partial charge in [-0.25, -0.2) is 8.42 Å². The number of halogens is 1. The van der Waals surface area contributed by atoms with Crippen LogP contribution in [-0.4, -0.2) is 32.7 Å². The lowest BCUT2D eigenvalue weighted by atomic mass is 10.2. The largest absolute Gasteiger partial charge is 0.356 e. The van der Waals surface area contributed by atoms with Crippen LogP contribution in [0.2, 0.25) is 0 Å². The number of hydrogen-bond donors (Lipinski definition) is 2. The quantitative estimate of drug-likeness (QED) is 0.664. The molecule has 3 N–H and O–H groups in total. The highest BCUT2D eigenvalue weighted by Crippen LogP contribution is 2.07. The van der Waals surface area contributed by atoms with E-state index >= 15 is 0 Å². The Balaban J connectivity index is 0.00000441. The summed E-state index contributed by atoms with van der Waals surface area (Å²) in [6.45, 7) is 2.23. The molecule has 1 atom stereocenters. The van der Waals surface area contributed by atoms with Crippen LogP contribution in [0.15, 0.2) is 30.3 Å². The average Bonchev–Trinajstić information content (AvgIpc) is 2.42.